The van der Waals surface area contributed by atoms with E-state index in [1.165, 1.54) is 18.2 Å². The Hall–Kier alpha value is -0.660. The number of hydrogen-bond acceptors (Lipinski definition) is 4. The molecular weight excluding hydrogens is 403 g/mol. The quantitative estimate of drug-likeness (QED) is 0.701. The number of pyridine rings is 1. The maximum absolute atomic E-state index is 12.0. The Balaban J connectivity index is 2.31. The minimum atomic E-state index is -0.464. The lowest BCUT2D eigenvalue weighted by Gasteiger charge is -2.17. The molecule has 1 aliphatic heterocycles. The molecule has 1 fully saturated rings. The van der Waals surface area contributed by atoms with E-state index < -0.39 is 11.9 Å². The zero-order valence-corrected chi connectivity index (χ0v) is 13.7. The van der Waals surface area contributed by atoms with Crippen LogP contribution in [-0.2, 0) is 14.3 Å². The first kappa shape index (κ1) is 14.7. The summed E-state index contributed by atoms with van der Waals surface area (Å²) in [6.07, 6.45) is 1.63. The highest BCUT2D eigenvalue weighted by atomic mass is 79.9. The molecule has 1 atom stereocenters. The fourth-order valence-electron chi connectivity index (χ4n) is 1.86. The molecule has 2 rings (SSSR count). The van der Waals surface area contributed by atoms with E-state index in [0.717, 1.165) is 0 Å². The van der Waals surface area contributed by atoms with Crippen LogP contribution in [0.5, 0.6) is 0 Å². The zero-order valence-electron chi connectivity index (χ0n) is 9.82. The fourth-order valence-corrected chi connectivity index (χ4v) is 3.09. The highest BCUT2D eigenvalue weighted by molar-refractivity contribution is 9.11. The molecule has 19 heavy (non-hydrogen) atoms. The second kappa shape index (κ2) is 5.76. The number of aromatic nitrogens is 1. The molecule has 0 aliphatic carbocycles. The second-order valence-electron chi connectivity index (χ2n) is 3.99. The van der Waals surface area contributed by atoms with E-state index in [1.807, 2.05) is 0 Å². The number of ether oxygens (including phenoxy) is 1. The Labute approximate surface area is 131 Å². The molecule has 2 heterocycles. The molecule has 0 N–H and O–H groups in total. The SMILES string of the molecule is COC(=O)C1CC(=O)N(c2ncc(Br)c(Cl)c2Br)C1. The van der Waals surface area contributed by atoms with Crippen molar-refractivity contribution in [3.8, 4) is 0 Å². The van der Waals surface area contributed by atoms with Gasteiger partial charge in [0.2, 0.25) is 5.91 Å². The molecule has 8 heteroatoms. The number of rotatable bonds is 2. The summed E-state index contributed by atoms with van der Waals surface area (Å²) >= 11 is 12.6. The summed E-state index contributed by atoms with van der Waals surface area (Å²) in [6, 6.07) is 0. The van der Waals surface area contributed by atoms with Gasteiger partial charge in [-0.1, -0.05) is 11.6 Å². The summed E-state index contributed by atoms with van der Waals surface area (Å²) in [5.41, 5.74) is 0. The van der Waals surface area contributed by atoms with E-state index in [0.29, 0.717) is 19.8 Å². The van der Waals surface area contributed by atoms with Gasteiger partial charge < -0.3 is 4.74 Å². The van der Waals surface area contributed by atoms with Crippen LogP contribution in [0.1, 0.15) is 6.42 Å². The molecule has 1 saturated heterocycles. The van der Waals surface area contributed by atoms with Crippen LogP contribution in [0.25, 0.3) is 0 Å². The molecule has 5 nitrogen and oxygen atoms in total. The monoisotopic (exact) mass is 410 g/mol. The third-order valence-corrected chi connectivity index (χ3v) is 5.02. The lowest BCUT2D eigenvalue weighted by atomic mass is 10.1. The molecule has 1 aromatic rings. The van der Waals surface area contributed by atoms with Gasteiger partial charge in [-0.05, 0) is 31.9 Å². The Bertz CT molecular complexity index is 553. The normalized spacial score (nSPS) is 18.8. The summed E-state index contributed by atoms with van der Waals surface area (Å²) in [5.74, 6) is -0.629. The van der Waals surface area contributed by atoms with E-state index in [9.17, 15) is 9.59 Å². The number of nitrogens with zero attached hydrogens (tertiary/aromatic N) is 2. The van der Waals surface area contributed by atoms with Crippen LogP contribution in [0.4, 0.5) is 5.82 Å². The lowest BCUT2D eigenvalue weighted by molar-refractivity contribution is -0.145. The summed E-state index contributed by atoms with van der Waals surface area (Å²) in [7, 11) is 1.31. The van der Waals surface area contributed by atoms with E-state index >= 15 is 0 Å². The van der Waals surface area contributed by atoms with E-state index in [-0.39, 0.29) is 18.9 Å². The first-order valence-corrected chi connectivity index (χ1v) is 7.29. The molecule has 1 aromatic heterocycles. The van der Waals surface area contributed by atoms with Gasteiger partial charge in [0.25, 0.3) is 0 Å². The molecule has 0 saturated carbocycles. The molecule has 0 radical (unpaired) electrons. The number of anilines is 1. The number of esters is 1. The van der Waals surface area contributed by atoms with Crippen molar-refractivity contribution in [2.75, 3.05) is 18.6 Å². The van der Waals surface area contributed by atoms with Crippen molar-refractivity contribution in [2.45, 2.75) is 6.42 Å². The highest BCUT2D eigenvalue weighted by Gasteiger charge is 2.37. The Kier molecular flexibility index (Phi) is 4.47. The predicted octanol–water partition coefficient (Wildman–Crippen LogP) is 2.79. The van der Waals surface area contributed by atoms with Crippen LogP contribution >= 0.6 is 43.5 Å². The van der Waals surface area contributed by atoms with Crippen molar-refractivity contribution >= 4 is 61.2 Å². The standard InChI is InChI=1S/C11H9Br2ClN2O3/c1-19-11(18)5-2-7(17)16(4-5)10-8(13)9(14)6(12)3-15-10/h3,5H,2,4H2,1H3. The third kappa shape index (κ3) is 2.78. The Morgan fingerprint density at radius 2 is 2.26 bits per heavy atom. The van der Waals surface area contributed by atoms with Gasteiger partial charge in [-0.3, -0.25) is 14.5 Å². The average molecular weight is 412 g/mol. The molecule has 1 unspecified atom stereocenters. The molecular formula is C11H9Br2ClN2O3. The van der Waals surface area contributed by atoms with Crippen LogP contribution in [0.2, 0.25) is 5.02 Å². The zero-order chi connectivity index (χ0) is 14.2. The van der Waals surface area contributed by atoms with Gasteiger partial charge in [0.1, 0.15) is 0 Å². The van der Waals surface area contributed by atoms with Crippen LogP contribution in [0.3, 0.4) is 0 Å². The van der Waals surface area contributed by atoms with Crippen molar-refractivity contribution < 1.29 is 14.3 Å². The second-order valence-corrected chi connectivity index (χ2v) is 6.01. The van der Waals surface area contributed by atoms with Gasteiger partial charge >= 0.3 is 5.97 Å². The molecule has 1 aliphatic rings. The average Bonchev–Trinajstić information content (AvgIpc) is 2.77. The largest absolute Gasteiger partial charge is 0.469 e. The van der Waals surface area contributed by atoms with E-state index in [4.69, 9.17) is 11.6 Å². The van der Waals surface area contributed by atoms with E-state index in [1.54, 1.807) is 0 Å². The molecule has 0 spiro atoms. The first-order valence-electron chi connectivity index (χ1n) is 5.33. The Morgan fingerprint density at radius 1 is 1.58 bits per heavy atom. The van der Waals surface area contributed by atoms with Crippen LogP contribution in [0.15, 0.2) is 15.1 Å². The summed E-state index contributed by atoms with van der Waals surface area (Å²) < 4.78 is 5.80. The van der Waals surface area contributed by atoms with Gasteiger partial charge in [0, 0.05) is 19.2 Å². The minimum absolute atomic E-state index is 0.120. The minimum Gasteiger partial charge on any atom is -0.469 e. The highest BCUT2D eigenvalue weighted by Crippen LogP contribution is 2.38. The number of methoxy groups -OCH3 is 1. The van der Waals surface area contributed by atoms with Gasteiger partial charge in [-0.25, -0.2) is 4.98 Å². The number of halogens is 3. The van der Waals surface area contributed by atoms with Crippen molar-refractivity contribution in [2.24, 2.45) is 5.92 Å². The molecule has 0 bridgehead atoms. The maximum atomic E-state index is 12.0. The summed E-state index contributed by atoms with van der Waals surface area (Å²) in [6.45, 7) is 0.245. The predicted molar refractivity (Wildman–Crippen MR) is 77.1 cm³/mol. The number of carbonyl (C=O) groups is 2. The smallest absolute Gasteiger partial charge is 0.311 e. The topological polar surface area (TPSA) is 59.5 Å². The summed E-state index contributed by atoms with van der Waals surface area (Å²) in [5, 5.41) is 0.430. The number of carbonyl (C=O) groups excluding carboxylic acids is 2. The van der Waals surface area contributed by atoms with Gasteiger partial charge in [0.15, 0.2) is 5.82 Å². The third-order valence-electron chi connectivity index (χ3n) is 2.81. The van der Waals surface area contributed by atoms with Crippen molar-refractivity contribution in [3.05, 3.63) is 20.2 Å². The number of amides is 1. The molecule has 102 valence electrons. The lowest BCUT2D eigenvalue weighted by Crippen LogP contribution is -2.27. The van der Waals surface area contributed by atoms with Gasteiger partial charge in [-0.2, -0.15) is 0 Å². The summed E-state index contributed by atoms with van der Waals surface area (Å²) in [4.78, 5) is 29.0. The Morgan fingerprint density at radius 3 is 2.89 bits per heavy atom. The van der Waals surface area contributed by atoms with E-state index in [2.05, 4.69) is 41.6 Å². The fraction of sp³-hybridized carbons (Fsp3) is 0.364. The first-order chi connectivity index (χ1) is 8.95. The van der Waals surface area contributed by atoms with Crippen molar-refractivity contribution in [3.63, 3.8) is 0 Å². The van der Waals surface area contributed by atoms with Crippen LogP contribution in [0, 0.1) is 5.92 Å². The van der Waals surface area contributed by atoms with Crippen molar-refractivity contribution in [1.29, 1.82) is 0 Å². The number of hydrogen-bond donors (Lipinski definition) is 0. The van der Waals surface area contributed by atoms with Gasteiger partial charge in [-0.15, -0.1) is 0 Å². The van der Waals surface area contributed by atoms with Gasteiger partial charge in [0.05, 0.1) is 27.0 Å². The van der Waals surface area contributed by atoms with Crippen LogP contribution in [-0.4, -0.2) is 30.5 Å². The molecule has 0 aromatic carbocycles. The maximum Gasteiger partial charge on any atom is 0.311 e. The molecule has 1 amide bonds. The van der Waals surface area contributed by atoms with Crippen LogP contribution < -0.4 is 4.90 Å². The van der Waals surface area contributed by atoms with Crippen molar-refractivity contribution in [1.82, 2.24) is 4.98 Å².